The van der Waals surface area contributed by atoms with Gasteiger partial charge in [0.1, 0.15) is 5.65 Å². The maximum Gasteiger partial charge on any atom is 0.258 e. The number of nitrogens with zero attached hydrogens (tertiary/aromatic N) is 3. The molecule has 0 spiro atoms. The van der Waals surface area contributed by atoms with Gasteiger partial charge in [-0.3, -0.25) is 14.1 Å². The molecule has 1 aliphatic heterocycles. The second-order valence-electron chi connectivity index (χ2n) is 5.29. The fourth-order valence-corrected chi connectivity index (χ4v) is 2.85. The number of likely N-dealkylation sites (tertiary alicyclic amines) is 1. The van der Waals surface area contributed by atoms with Gasteiger partial charge in [0.2, 0.25) is 0 Å². The lowest BCUT2D eigenvalue weighted by Crippen LogP contribution is -2.25. The lowest BCUT2D eigenvalue weighted by Gasteiger charge is -2.15. The Morgan fingerprint density at radius 2 is 2.24 bits per heavy atom. The summed E-state index contributed by atoms with van der Waals surface area (Å²) in [5.41, 5.74) is 7.03. The molecule has 5 nitrogen and oxygen atoms in total. The van der Waals surface area contributed by atoms with Gasteiger partial charge in [-0.1, -0.05) is 11.6 Å². The van der Waals surface area contributed by atoms with Crippen molar-refractivity contribution < 1.29 is 0 Å². The Morgan fingerprint density at radius 3 is 2.95 bits per heavy atom. The van der Waals surface area contributed by atoms with Gasteiger partial charge < -0.3 is 5.73 Å². The van der Waals surface area contributed by atoms with Gasteiger partial charge in [-0.2, -0.15) is 0 Å². The SMILES string of the molecule is Cl.NCC1CCN(Cc2cc(=O)n3cc(Cl)ccc3n2)C1. The van der Waals surface area contributed by atoms with Crippen LogP contribution in [0.1, 0.15) is 12.1 Å². The van der Waals surface area contributed by atoms with E-state index in [1.54, 1.807) is 24.4 Å². The topological polar surface area (TPSA) is 63.6 Å². The Bertz CT molecular complexity index is 688. The average Bonchev–Trinajstić information content (AvgIpc) is 2.87. The van der Waals surface area contributed by atoms with Crippen LogP contribution in [0.15, 0.2) is 29.2 Å². The minimum atomic E-state index is -0.0953. The van der Waals surface area contributed by atoms with E-state index in [9.17, 15) is 4.79 Å². The largest absolute Gasteiger partial charge is 0.330 e. The molecule has 0 aromatic carbocycles. The second-order valence-corrected chi connectivity index (χ2v) is 5.72. The van der Waals surface area contributed by atoms with Gasteiger partial charge in [-0.15, -0.1) is 12.4 Å². The minimum absolute atomic E-state index is 0. The van der Waals surface area contributed by atoms with Crippen molar-refractivity contribution in [3.8, 4) is 0 Å². The predicted octanol–water partition coefficient (Wildman–Crippen LogP) is 1.55. The monoisotopic (exact) mass is 328 g/mol. The van der Waals surface area contributed by atoms with Crippen LogP contribution in [-0.2, 0) is 6.54 Å². The number of pyridine rings is 1. The number of halogens is 2. The van der Waals surface area contributed by atoms with Gasteiger partial charge in [0.05, 0.1) is 10.7 Å². The van der Waals surface area contributed by atoms with Crippen LogP contribution in [0.25, 0.3) is 5.65 Å². The van der Waals surface area contributed by atoms with Crippen LogP contribution >= 0.6 is 24.0 Å². The van der Waals surface area contributed by atoms with E-state index in [2.05, 4.69) is 9.88 Å². The molecule has 3 rings (SSSR count). The highest BCUT2D eigenvalue weighted by Gasteiger charge is 2.21. The normalized spacial score (nSPS) is 18.9. The third-order valence-corrected chi connectivity index (χ3v) is 3.99. The third-order valence-electron chi connectivity index (χ3n) is 3.77. The molecule has 3 heterocycles. The molecule has 2 N–H and O–H groups in total. The zero-order valence-corrected chi connectivity index (χ0v) is 13.1. The summed E-state index contributed by atoms with van der Waals surface area (Å²) >= 11 is 5.89. The highest BCUT2D eigenvalue weighted by molar-refractivity contribution is 6.30. The Hall–Kier alpha value is -1.14. The van der Waals surface area contributed by atoms with Crippen LogP contribution < -0.4 is 11.3 Å². The molecule has 0 saturated carbocycles. The maximum absolute atomic E-state index is 12.1. The van der Waals surface area contributed by atoms with Crippen molar-refractivity contribution in [1.29, 1.82) is 0 Å². The van der Waals surface area contributed by atoms with Gasteiger partial charge in [-0.25, -0.2) is 4.98 Å². The van der Waals surface area contributed by atoms with E-state index in [1.165, 1.54) is 4.40 Å². The zero-order chi connectivity index (χ0) is 14.1. The molecule has 114 valence electrons. The molecule has 21 heavy (non-hydrogen) atoms. The first-order valence-corrected chi connectivity index (χ1v) is 7.14. The highest BCUT2D eigenvalue weighted by Crippen LogP contribution is 2.17. The average molecular weight is 329 g/mol. The van der Waals surface area contributed by atoms with Crippen molar-refractivity contribution in [3.63, 3.8) is 0 Å². The summed E-state index contributed by atoms with van der Waals surface area (Å²) in [6.07, 6.45) is 2.72. The van der Waals surface area contributed by atoms with E-state index in [0.717, 1.165) is 31.7 Å². The van der Waals surface area contributed by atoms with Crippen molar-refractivity contribution in [2.24, 2.45) is 11.7 Å². The van der Waals surface area contributed by atoms with Gasteiger partial charge >= 0.3 is 0 Å². The number of nitrogens with two attached hydrogens (primary N) is 1. The van der Waals surface area contributed by atoms with Gasteiger partial charge in [0.15, 0.2) is 0 Å². The molecule has 0 bridgehead atoms. The number of rotatable bonds is 3. The third kappa shape index (κ3) is 3.55. The van der Waals surface area contributed by atoms with E-state index in [0.29, 0.717) is 23.1 Å². The van der Waals surface area contributed by atoms with Crippen LogP contribution in [0.2, 0.25) is 5.02 Å². The summed E-state index contributed by atoms with van der Waals surface area (Å²) in [6, 6.07) is 5.09. The Balaban J connectivity index is 0.00000161. The molecule has 2 aromatic heterocycles. The zero-order valence-electron chi connectivity index (χ0n) is 11.5. The Morgan fingerprint density at radius 1 is 1.43 bits per heavy atom. The lowest BCUT2D eigenvalue weighted by atomic mass is 10.1. The van der Waals surface area contributed by atoms with Crippen molar-refractivity contribution in [2.45, 2.75) is 13.0 Å². The van der Waals surface area contributed by atoms with Crippen molar-refractivity contribution in [2.75, 3.05) is 19.6 Å². The quantitative estimate of drug-likeness (QED) is 0.928. The summed E-state index contributed by atoms with van der Waals surface area (Å²) < 4.78 is 1.47. The molecular formula is C14H18Cl2N4O. The standard InChI is InChI=1S/C14H17ClN4O.ClH/c15-11-1-2-13-17-12(5-14(20)19(13)8-11)9-18-4-3-10(6-16)7-18;/h1-2,5,8,10H,3-4,6-7,9,16H2;1H. The summed E-state index contributed by atoms with van der Waals surface area (Å²) in [5.74, 6) is 0.565. The summed E-state index contributed by atoms with van der Waals surface area (Å²) in [7, 11) is 0. The van der Waals surface area contributed by atoms with Crippen LogP contribution in [-0.4, -0.2) is 33.9 Å². The van der Waals surface area contributed by atoms with Gasteiger partial charge in [0, 0.05) is 25.4 Å². The van der Waals surface area contributed by atoms with Crippen molar-refractivity contribution in [1.82, 2.24) is 14.3 Å². The molecule has 0 radical (unpaired) electrons. The fraction of sp³-hybridized carbons (Fsp3) is 0.429. The van der Waals surface area contributed by atoms with Crippen LogP contribution in [0.3, 0.4) is 0 Å². The molecule has 1 atom stereocenters. The smallest absolute Gasteiger partial charge is 0.258 e. The number of fused-ring (bicyclic) bond motifs is 1. The minimum Gasteiger partial charge on any atom is -0.330 e. The first-order chi connectivity index (χ1) is 9.65. The summed E-state index contributed by atoms with van der Waals surface area (Å²) in [5, 5.41) is 0.527. The van der Waals surface area contributed by atoms with E-state index in [1.807, 2.05) is 0 Å². The second kappa shape index (κ2) is 6.75. The highest BCUT2D eigenvalue weighted by atomic mass is 35.5. The first-order valence-electron chi connectivity index (χ1n) is 6.76. The molecule has 0 amide bonds. The first kappa shape index (κ1) is 16.2. The van der Waals surface area contributed by atoms with E-state index < -0.39 is 0 Å². The van der Waals surface area contributed by atoms with Crippen LogP contribution in [0.4, 0.5) is 0 Å². The molecule has 0 aliphatic carbocycles. The number of aromatic nitrogens is 2. The van der Waals surface area contributed by atoms with Crippen molar-refractivity contribution >= 4 is 29.7 Å². The van der Waals surface area contributed by atoms with Gasteiger partial charge in [-0.05, 0) is 37.6 Å². The molecular weight excluding hydrogens is 311 g/mol. The summed E-state index contributed by atoms with van der Waals surface area (Å²) in [6.45, 7) is 3.43. The number of hydrogen-bond acceptors (Lipinski definition) is 4. The van der Waals surface area contributed by atoms with Crippen LogP contribution in [0, 0.1) is 5.92 Å². The molecule has 1 saturated heterocycles. The van der Waals surface area contributed by atoms with E-state index in [-0.39, 0.29) is 18.0 Å². The maximum atomic E-state index is 12.1. The molecule has 2 aromatic rings. The molecule has 1 unspecified atom stereocenters. The van der Waals surface area contributed by atoms with Crippen molar-refractivity contribution in [3.05, 3.63) is 45.5 Å². The Labute approximate surface area is 134 Å². The summed E-state index contributed by atoms with van der Waals surface area (Å²) in [4.78, 5) is 18.9. The van der Waals surface area contributed by atoms with E-state index in [4.69, 9.17) is 17.3 Å². The lowest BCUT2D eigenvalue weighted by molar-refractivity contribution is 0.314. The fourth-order valence-electron chi connectivity index (χ4n) is 2.69. The van der Waals surface area contributed by atoms with Crippen LogP contribution in [0.5, 0.6) is 0 Å². The molecule has 1 aliphatic rings. The number of hydrogen-bond donors (Lipinski definition) is 1. The predicted molar refractivity (Wildman–Crippen MR) is 86.2 cm³/mol. The Kier molecular flexibility index (Phi) is 5.22. The van der Waals surface area contributed by atoms with Gasteiger partial charge in [0.25, 0.3) is 5.56 Å². The van der Waals surface area contributed by atoms with E-state index >= 15 is 0 Å². The molecule has 7 heteroatoms. The molecule has 1 fully saturated rings.